The molecule has 1 heterocycles. The summed E-state index contributed by atoms with van der Waals surface area (Å²) in [6.07, 6.45) is 2.10. The third kappa shape index (κ3) is 6.15. The molecule has 0 spiro atoms. The predicted molar refractivity (Wildman–Crippen MR) is 138 cm³/mol. The van der Waals surface area contributed by atoms with E-state index in [0.717, 1.165) is 39.0 Å². The molecule has 1 saturated carbocycles. The van der Waals surface area contributed by atoms with Crippen LogP contribution in [0.5, 0.6) is 0 Å². The molecule has 0 radical (unpaired) electrons. The quantitative estimate of drug-likeness (QED) is 0.526. The second kappa shape index (κ2) is 10.8. The second-order valence-electron chi connectivity index (χ2n) is 9.41. The highest BCUT2D eigenvalue weighted by Gasteiger charge is 2.27. The molecule has 2 aliphatic rings. The smallest absolute Gasteiger partial charge is 0.251 e. The molecule has 2 N–H and O–H groups in total. The maximum Gasteiger partial charge on any atom is 0.251 e. The summed E-state index contributed by atoms with van der Waals surface area (Å²) in [6, 6.07) is 28.9. The number of hydrogen-bond donors (Lipinski definition) is 2. The standard InChI is InChI=1S/C29H32N4O2/c34-27(30-26-13-7-12-24(20-26)29(35)31-25-14-15-25)21-32-16-18-33(19-17-32)28(22-8-3-1-4-9-22)23-10-5-2-6-11-23/h1-13,20,25,28H,14-19,21H2,(H,30,34)(H,31,35). The average molecular weight is 469 g/mol. The molecule has 0 bridgehead atoms. The number of carbonyl (C=O) groups is 2. The first-order valence-electron chi connectivity index (χ1n) is 12.4. The third-order valence-corrected chi connectivity index (χ3v) is 6.69. The fourth-order valence-electron chi connectivity index (χ4n) is 4.70. The summed E-state index contributed by atoms with van der Waals surface area (Å²) in [6.45, 7) is 3.77. The van der Waals surface area contributed by atoms with Crippen LogP contribution in [-0.4, -0.2) is 60.4 Å². The van der Waals surface area contributed by atoms with Crippen molar-refractivity contribution in [3.63, 3.8) is 0 Å². The van der Waals surface area contributed by atoms with Crippen LogP contribution in [0.1, 0.15) is 40.4 Å². The largest absolute Gasteiger partial charge is 0.349 e. The molecule has 6 nitrogen and oxygen atoms in total. The van der Waals surface area contributed by atoms with Crippen LogP contribution in [0.25, 0.3) is 0 Å². The lowest BCUT2D eigenvalue weighted by atomic mass is 9.96. The first-order valence-corrected chi connectivity index (χ1v) is 12.4. The summed E-state index contributed by atoms with van der Waals surface area (Å²) in [4.78, 5) is 29.7. The Hall–Kier alpha value is -3.48. The van der Waals surface area contributed by atoms with Crippen molar-refractivity contribution in [2.75, 3.05) is 38.0 Å². The third-order valence-electron chi connectivity index (χ3n) is 6.69. The molecule has 5 rings (SSSR count). The van der Waals surface area contributed by atoms with Gasteiger partial charge in [-0.1, -0.05) is 66.7 Å². The SMILES string of the molecule is O=C(CN1CCN(C(c2ccccc2)c2ccccc2)CC1)Nc1cccc(C(=O)NC2CC2)c1. The summed E-state index contributed by atoms with van der Waals surface area (Å²) in [7, 11) is 0. The molecule has 2 fully saturated rings. The molecule has 3 aromatic carbocycles. The van der Waals surface area contributed by atoms with E-state index in [9.17, 15) is 9.59 Å². The van der Waals surface area contributed by atoms with Gasteiger partial charge in [-0.3, -0.25) is 19.4 Å². The van der Waals surface area contributed by atoms with E-state index >= 15 is 0 Å². The number of nitrogens with zero attached hydrogens (tertiary/aromatic N) is 2. The first-order chi connectivity index (χ1) is 17.2. The van der Waals surface area contributed by atoms with Crippen LogP contribution in [-0.2, 0) is 4.79 Å². The molecule has 35 heavy (non-hydrogen) atoms. The van der Waals surface area contributed by atoms with Crippen LogP contribution in [0.4, 0.5) is 5.69 Å². The average Bonchev–Trinajstić information content (AvgIpc) is 3.71. The Morgan fingerprint density at radius 1 is 0.800 bits per heavy atom. The minimum atomic E-state index is -0.0777. The summed E-state index contributed by atoms with van der Waals surface area (Å²) in [5.74, 6) is -0.132. The van der Waals surface area contributed by atoms with E-state index in [1.54, 1.807) is 12.1 Å². The Balaban J connectivity index is 1.17. The fourth-order valence-corrected chi connectivity index (χ4v) is 4.70. The van der Waals surface area contributed by atoms with Crippen LogP contribution < -0.4 is 10.6 Å². The number of hydrogen-bond acceptors (Lipinski definition) is 4. The minimum absolute atomic E-state index is 0.0548. The lowest BCUT2D eigenvalue weighted by Crippen LogP contribution is -2.49. The molecule has 3 aromatic rings. The van der Waals surface area contributed by atoms with Crippen molar-refractivity contribution in [1.82, 2.24) is 15.1 Å². The van der Waals surface area contributed by atoms with Gasteiger partial charge in [0, 0.05) is 43.5 Å². The van der Waals surface area contributed by atoms with Gasteiger partial charge in [0.1, 0.15) is 0 Å². The molecule has 1 saturated heterocycles. The number of nitrogens with one attached hydrogen (secondary N) is 2. The monoisotopic (exact) mass is 468 g/mol. The van der Waals surface area contributed by atoms with Crippen molar-refractivity contribution in [2.45, 2.75) is 24.9 Å². The Kier molecular flexibility index (Phi) is 7.21. The van der Waals surface area contributed by atoms with Gasteiger partial charge >= 0.3 is 0 Å². The summed E-state index contributed by atoms with van der Waals surface area (Å²) >= 11 is 0. The Morgan fingerprint density at radius 3 is 2.03 bits per heavy atom. The molecule has 2 amide bonds. The summed E-state index contributed by atoms with van der Waals surface area (Å²) in [5.41, 5.74) is 3.81. The van der Waals surface area contributed by atoms with Gasteiger partial charge in [-0.2, -0.15) is 0 Å². The molecule has 180 valence electrons. The molecule has 0 aromatic heterocycles. The number of benzene rings is 3. The van der Waals surface area contributed by atoms with Crippen LogP contribution in [0.3, 0.4) is 0 Å². The minimum Gasteiger partial charge on any atom is -0.349 e. The molecule has 1 aliphatic carbocycles. The van der Waals surface area contributed by atoms with E-state index in [1.165, 1.54) is 11.1 Å². The van der Waals surface area contributed by atoms with E-state index in [-0.39, 0.29) is 17.9 Å². The van der Waals surface area contributed by atoms with Crippen molar-refractivity contribution < 1.29 is 9.59 Å². The van der Waals surface area contributed by atoms with Gasteiger partial charge in [-0.05, 0) is 42.2 Å². The molecule has 0 unspecified atom stereocenters. The van der Waals surface area contributed by atoms with E-state index in [0.29, 0.717) is 23.8 Å². The van der Waals surface area contributed by atoms with E-state index in [4.69, 9.17) is 0 Å². The lowest BCUT2D eigenvalue weighted by molar-refractivity contribution is -0.117. The van der Waals surface area contributed by atoms with Gasteiger partial charge in [0.2, 0.25) is 5.91 Å². The fraction of sp³-hybridized carbons (Fsp3) is 0.310. The number of piperazine rings is 1. The van der Waals surface area contributed by atoms with Crippen molar-refractivity contribution >= 4 is 17.5 Å². The Labute approximate surface area is 206 Å². The molecule has 6 heteroatoms. The molecule has 0 atom stereocenters. The summed E-state index contributed by atoms with van der Waals surface area (Å²) in [5, 5.41) is 5.95. The van der Waals surface area contributed by atoms with E-state index in [1.807, 2.05) is 12.1 Å². The van der Waals surface area contributed by atoms with Gasteiger partial charge < -0.3 is 10.6 Å². The lowest BCUT2D eigenvalue weighted by Gasteiger charge is -2.39. The van der Waals surface area contributed by atoms with Crippen LogP contribution in [0.15, 0.2) is 84.9 Å². The van der Waals surface area contributed by atoms with Gasteiger partial charge in [-0.15, -0.1) is 0 Å². The van der Waals surface area contributed by atoms with Crippen molar-refractivity contribution in [1.29, 1.82) is 0 Å². The van der Waals surface area contributed by atoms with Gasteiger partial charge in [-0.25, -0.2) is 0 Å². The normalized spacial score (nSPS) is 16.7. The van der Waals surface area contributed by atoms with E-state index in [2.05, 4.69) is 81.1 Å². The highest BCUT2D eigenvalue weighted by molar-refractivity contribution is 5.97. The van der Waals surface area contributed by atoms with Crippen LogP contribution in [0.2, 0.25) is 0 Å². The number of amides is 2. The van der Waals surface area contributed by atoms with Crippen LogP contribution >= 0.6 is 0 Å². The zero-order valence-corrected chi connectivity index (χ0v) is 19.9. The molecular weight excluding hydrogens is 436 g/mol. The zero-order valence-electron chi connectivity index (χ0n) is 19.9. The van der Waals surface area contributed by atoms with Crippen molar-refractivity contribution in [2.24, 2.45) is 0 Å². The number of carbonyl (C=O) groups excluding carboxylic acids is 2. The second-order valence-corrected chi connectivity index (χ2v) is 9.41. The maximum absolute atomic E-state index is 12.7. The maximum atomic E-state index is 12.7. The van der Waals surface area contributed by atoms with Crippen molar-refractivity contribution in [3.05, 3.63) is 102 Å². The van der Waals surface area contributed by atoms with Gasteiger partial charge in [0.25, 0.3) is 5.91 Å². The molecular formula is C29H32N4O2. The Morgan fingerprint density at radius 2 is 1.43 bits per heavy atom. The topological polar surface area (TPSA) is 64.7 Å². The number of rotatable bonds is 8. The Bertz CT molecular complexity index is 1100. The highest BCUT2D eigenvalue weighted by Crippen LogP contribution is 2.29. The number of anilines is 1. The predicted octanol–water partition coefficient (Wildman–Crippen LogP) is 3.92. The first kappa shape index (κ1) is 23.3. The highest BCUT2D eigenvalue weighted by atomic mass is 16.2. The van der Waals surface area contributed by atoms with Gasteiger partial charge in [0.15, 0.2) is 0 Å². The van der Waals surface area contributed by atoms with E-state index < -0.39 is 0 Å². The molecule has 1 aliphatic heterocycles. The van der Waals surface area contributed by atoms with Gasteiger partial charge in [0.05, 0.1) is 12.6 Å². The van der Waals surface area contributed by atoms with Crippen LogP contribution in [0, 0.1) is 0 Å². The zero-order chi connectivity index (χ0) is 24.0. The summed E-state index contributed by atoms with van der Waals surface area (Å²) < 4.78 is 0. The van der Waals surface area contributed by atoms with Crippen molar-refractivity contribution in [3.8, 4) is 0 Å².